The maximum atomic E-state index is 10.3. The van der Waals surface area contributed by atoms with E-state index < -0.39 is 8.32 Å². The van der Waals surface area contributed by atoms with Crippen LogP contribution >= 0.6 is 0 Å². The Labute approximate surface area is 219 Å². The minimum atomic E-state index is -1.62. The highest BCUT2D eigenvalue weighted by Crippen LogP contribution is 2.66. The standard InChI is InChI=1S/C32H58O2Si/c1-23(22-34-35(7,8)30(2,3)4)11-9-10-12-24-14-16-28-27-15-13-25-21-26(33)17-19-32(25,6)29(27)18-20-31(24,28)5/h15,23-26,28-29,33H,9-14,16-22H2,1-8H3/t23?,24?,25?,26-,28?,29?,31+,32-/m0/s1. The molecule has 0 heterocycles. The molecule has 0 aromatic heterocycles. The Morgan fingerprint density at radius 1 is 1.03 bits per heavy atom. The third kappa shape index (κ3) is 5.40. The van der Waals surface area contributed by atoms with Crippen LogP contribution in [0.2, 0.25) is 18.1 Å². The monoisotopic (exact) mass is 502 g/mol. The highest BCUT2D eigenvalue weighted by Gasteiger charge is 2.57. The molecule has 35 heavy (non-hydrogen) atoms. The number of aliphatic hydroxyl groups is 1. The molecule has 0 bridgehead atoms. The van der Waals surface area contributed by atoms with Crippen molar-refractivity contribution >= 4 is 8.32 Å². The summed E-state index contributed by atoms with van der Waals surface area (Å²) in [4.78, 5) is 0. The third-order valence-electron chi connectivity index (χ3n) is 12.3. The van der Waals surface area contributed by atoms with Crippen LogP contribution in [0, 0.1) is 40.4 Å². The summed E-state index contributed by atoms with van der Waals surface area (Å²) in [7, 11) is -1.62. The van der Waals surface area contributed by atoms with Gasteiger partial charge >= 0.3 is 0 Å². The zero-order valence-electron chi connectivity index (χ0n) is 24.6. The lowest BCUT2D eigenvalue weighted by Crippen LogP contribution is -2.49. The number of hydrogen-bond acceptors (Lipinski definition) is 2. The molecule has 0 aliphatic heterocycles. The van der Waals surface area contributed by atoms with Gasteiger partial charge in [0.15, 0.2) is 8.32 Å². The first-order valence-corrected chi connectivity index (χ1v) is 18.2. The summed E-state index contributed by atoms with van der Waals surface area (Å²) in [6.45, 7) is 20.4. The van der Waals surface area contributed by atoms with Gasteiger partial charge in [-0.3, -0.25) is 0 Å². The Balaban J connectivity index is 1.27. The van der Waals surface area contributed by atoms with Crippen LogP contribution < -0.4 is 0 Å². The Morgan fingerprint density at radius 3 is 2.43 bits per heavy atom. The van der Waals surface area contributed by atoms with E-state index in [-0.39, 0.29) is 6.10 Å². The fraction of sp³-hybridized carbons (Fsp3) is 0.938. The van der Waals surface area contributed by atoms with Crippen molar-refractivity contribution in [2.75, 3.05) is 6.61 Å². The molecule has 1 N–H and O–H groups in total. The van der Waals surface area contributed by atoms with E-state index in [1.807, 2.05) is 5.57 Å². The molecule has 3 heteroatoms. The first kappa shape index (κ1) is 27.9. The van der Waals surface area contributed by atoms with E-state index in [0.29, 0.717) is 27.7 Å². The Morgan fingerprint density at radius 2 is 1.71 bits per heavy atom. The highest BCUT2D eigenvalue weighted by atomic mass is 28.4. The molecule has 0 aromatic carbocycles. The van der Waals surface area contributed by atoms with Crippen LogP contribution in [0.3, 0.4) is 0 Å². The molecular formula is C32H58O2Si. The van der Waals surface area contributed by atoms with Crippen molar-refractivity contribution in [3.8, 4) is 0 Å². The lowest BCUT2D eigenvalue weighted by molar-refractivity contribution is -0.0402. The molecule has 4 aliphatic carbocycles. The molecule has 0 amide bonds. The number of allylic oxidation sites excluding steroid dienone is 2. The van der Waals surface area contributed by atoms with Crippen LogP contribution in [-0.2, 0) is 4.43 Å². The van der Waals surface area contributed by atoms with Crippen molar-refractivity contribution in [2.45, 2.75) is 143 Å². The number of hydrogen-bond donors (Lipinski definition) is 1. The summed E-state index contributed by atoms with van der Waals surface area (Å²) in [5, 5.41) is 10.6. The van der Waals surface area contributed by atoms with E-state index in [4.69, 9.17) is 4.43 Å². The molecule has 2 nitrogen and oxygen atoms in total. The van der Waals surface area contributed by atoms with Gasteiger partial charge in [0.1, 0.15) is 0 Å². The topological polar surface area (TPSA) is 29.5 Å². The maximum Gasteiger partial charge on any atom is 0.191 e. The van der Waals surface area contributed by atoms with Gasteiger partial charge in [-0.1, -0.05) is 66.0 Å². The highest BCUT2D eigenvalue weighted by molar-refractivity contribution is 6.74. The largest absolute Gasteiger partial charge is 0.417 e. The summed E-state index contributed by atoms with van der Waals surface area (Å²) in [5.74, 6) is 3.96. The Bertz CT molecular complexity index is 766. The summed E-state index contributed by atoms with van der Waals surface area (Å²) in [6, 6.07) is 0. The SMILES string of the molecule is CC(CCCCC1CCC2C3=CCC4C[C@@H](O)CC[C@]4(C)C3CC[C@]12C)CO[Si](C)(C)C(C)(C)C. The molecule has 0 aromatic rings. The number of aliphatic hydroxyl groups excluding tert-OH is 1. The molecule has 0 saturated heterocycles. The van der Waals surface area contributed by atoms with Crippen LogP contribution in [0.15, 0.2) is 11.6 Å². The van der Waals surface area contributed by atoms with Gasteiger partial charge in [-0.15, -0.1) is 0 Å². The zero-order chi connectivity index (χ0) is 25.6. The predicted octanol–water partition coefficient (Wildman–Crippen LogP) is 9.14. The normalized spacial score (nSPS) is 40.5. The summed E-state index contributed by atoms with van der Waals surface area (Å²) < 4.78 is 6.49. The smallest absolute Gasteiger partial charge is 0.191 e. The molecule has 5 unspecified atom stereocenters. The Kier molecular flexibility index (Phi) is 8.14. The van der Waals surface area contributed by atoms with Crippen molar-refractivity contribution < 1.29 is 9.53 Å². The molecule has 4 aliphatic rings. The maximum absolute atomic E-state index is 10.3. The van der Waals surface area contributed by atoms with Crippen LogP contribution in [0.1, 0.15) is 119 Å². The Hall–Kier alpha value is -0.123. The van der Waals surface area contributed by atoms with Crippen molar-refractivity contribution in [3.63, 3.8) is 0 Å². The number of unbranched alkanes of at least 4 members (excludes halogenated alkanes) is 1. The molecule has 8 atom stereocenters. The summed E-state index contributed by atoms with van der Waals surface area (Å²) in [5.41, 5.74) is 2.86. The van der Waals surface area contributed by atoms with Gasteiger partial charge in [-0.05, 0) is 123 Å². The second kappa shape index (κ2) is 10.2. The molecular weight excluding hydrogens is 444 g/mol. The minimum absolute atomic E-state index is 0.0471. The average Bonchev–Trinajstić information content (AvgIpc) is 3.11. The third-order valence-corrected chi connectivity index (χ3v) is 16.8. The van der Waals surface area contributed by atoms with Gasteiger partial charge in [-0.25, -0.2) is 0 Å². The molecule has 0 radical (unpaired) electrons. The van der Waals surface area contributed by atoms with Crippen LogP contribution in [-0.4, -0.2) is 26.1 Å². The minimum Gasteiger partial charge on any atom is -0.417 e. The quantitative estimate of drug-likeness (QED) is 0.204. The second-order valence-corrected chi connectivity index (χ2v) is 20.3. The van der Waals surface area contributed by atoms with E-state index in [1.54, 1.807) is 0 Å². The molecule has 4 rings (SSSR count). The molecule has 0 spiro atoms. The van der Waals surface area contributed by atoms with E-state index in [1.165, 1.54) is 64.2 Å². The first-order chi connectivity index (χ1) is 16.3. The lowest BCUT2D eigenvalue weighted by atomic mass is 9.48. The molecule has 202 valence electrons. The van der Waals surface area contributed by atoms with Gasteiger partial charge in [0.25, 0.3) is 0 Å². The van der Waals surface area contributed by atoms with Crippen molar-refractivity contribution in [1.82, 2.24) is 0 Å². The summed E-state index contributed by atoms with van der Waals surface area (Å²) >= 11 is 0. The van der Waals surface area contributed by atoms with Crippen molar-refractivity contribution in [1.29, 1.82) is 0 Å². The van der Waals surface area contributed by atoms with Gasteiger partial charge in [0.05, 0.1) is 6.10 Å². The van der Waals surface area contributed by atoms with Crippen molar-refractivity contribution in [3.05, 3.63) is 11.6 Å². The molecule has 3 saturated carbocycles. The lowest BCUT2D eigenvalue weighted by Gasteiger charge is -2.57. The average molecular weight is 503 g/mol. The van der Waals surface area contributed by atoms with Crippen LogP contribution in [0.25, 0.3) is 0 Å². The van der Waals surface area contributed by atoms with E-state index in [0.717, 1.165) is 37.2 Å². The zero-order valence-corrected chi connectivity index (χ0v) is 25.6. The molecule has 3 fully saturated rings. The van der Waals surface area contributed by atoms with Crippen LogP contribution in [0.5, 0.6) is 0 Å². The fourth-order valence-corrected chi connectivity index (χ4v) is 9.74. The van der Waals surface area contributed by atoms with Crippen molar-refractivity contribution in [2.24, 2.45) is 40.4 Å². The fourth-order valence-electron chi connectivity index (χ4n) is 8.61. The first-order valence-electron chi connectivity index (χ1n) is 15.3. The van der Waals surface area contributed by atoms with Crippen LogP contribution in [0.4, 0.5) is 0 Å². The van der Waals surface area contributed by atoms with E-state index in [2.05, 4.69) is 60.7 Å². The number of fused-ring (bicyclic) bond motifs is 5. The second-order valence-electron chi connectivity index (χ2n) is 15.5. The van der Waals surface area contributed by atoms with Gasteiger partial charge in [0.2, 0.25) is 0 Å². The van der Waals surface area contributed by atoms with Gasteiger partial charge in [-0.2, -0.15) is 0 Å². The van der Waals surface area contributed by atoms with Gasteiger partial charge < -0.3 is 9.53 Å². The van der Waals surface area contributed by atoms with Gasteiger partial charge in [0, 0.05) is 6.61 Å². The van der Waals surface area contributed by atoms with E-state index >= 15 is 0 Å². The number of rotatable bonds is 8. The predicted molar refractivity (Wildman–Crippen MR) is 152 cm³/mol. The summed E-state index contributed by atoms with van der Waals surface area (Å²) in [6.07, 6.45) is 18.4. The van der Waals surface area contributed by atoms with E-state index in [9.17, 15) is 5.11 Å².